The molecule has 6 heteroatoms. The molecule has 1 heterocycles. The molecule has 0 aliphatic carbocycles. The third kappa shape index (κ3) is 5.74. The predicted molar refractivity (Wildman–Crippen MR) is 106 cm³/mol. The monoisotopic (exact) mass is 378 g/mol. The number of hydrogen-bond acceptors (Lipinski definition) is 4. The topological polar surface area (TPSA) is 71.8 Å². The maximum atomic E-state index is 12.7. The zero-order valence-corrected chi connectivity index (χ0v) is 15.6. The van der Waals surface area contributed by atoms with Gasteiger partial charge in [-0.3, -0.25) is 9.59 Å². The summed E-state index contributed by atoms with van der Waals surface area (Å²) in [7, 11) is 0. The van der Waals surface area contributed by atoms with Crippen LogP contribution in [0.2, 0.25) is 0 Å². The summed E-state index contributed by atoms with van der Waals surface area (Å²) in [6.07, 6.45) is 1.53. The maximum Gasteiger partial charge on any atom is 0.261 e. The quantitative estimate of drug-likeness (QED) is 0.650. The molecule has 2 aromatic carbocycles. The van der Waals surface area contributed by atoms with Crippen molar-refractivity contribution in [1.82, 2.24) is 4.90 Å². The number of nitrogens with one attached hydrogen (secondary N) is 1. The third-order valence-electron chi connectivity index (χ3n) is 4.05. The molecule has 0 radical (unpaired) electrons. The van der Waals surface area contributed by atoms with Crippen molar-refractivity contribution in [2.75, 3.05) is 18.5 Å². The molecular formula is C22H22N2O4. The van der Waals surface area contributed by atoms with Crippen molar-refractivity contribution in [3.8, 4) is 5.75 Å². The first-order chi connectivity index (χ1) is 13.6. The summed E-state index contributed by atoms with van der Waals surface area (Å²) in [6.45, 7) is 1.89. The number of furan rings is 1. The fraction of sp³-hybridized carbons (Fsp3) is 0.182. The Morgan fingerprint density at radius 2 is 1.75 bits per heavy atom. The molecule has 3 rings (SSSR count). The highest BCUT2D eigenvalue weighted by Gasteiger charge is 2.19. The molecule has 0 unspecified atom stereocenters. The summed E-state index contributed by atoms with van der Waals surface area (Å²) in [6, 6.07) is 20.0. The minimum absolute atomic E-state index is 0.105. The van der Waals surface area contributed by atoms with E-state index in [0.717, 1.165) is 5.56 Å². The average Bonchev–Trinajstić information content (AvgIpc) is 3.21. The third-order valence-corrected chi connectivity index (χ3v) is 4.05. The molecule has 2 amide bonds. The lowest BCUT2D eigenvalue weighted by molar-refractivity contribution is -0.137. The van der Waals surface area contributed by atoms with E-state index >= 15 is 0 Å². The van der Waals surface area contributed by atoms with Crippen LogP contribution in [0.1, 0.15) is 11.3 Å². The zero-order chi connectivity index (χ0) is 19.8. The number of hydrogen-bond donors (Lipinski definition) is 1. The number of carbonyl (C=O) groups is 2. The summed E-state index contributed by atoms with van der Waals surface area (Å²) in [4.78, 5) is 26.5. The van der Waals surface area contributed by atoms with Crippen LogP contribution in [0.4, 0.5) is 5.69 Å². The van der Waals surface area contributed by atoms with Crippen molar-refractivity contribution in [1.29, 1.82) is 0 Å². The zero-order valence-electron chi connectivity index (χ0n) is 15.6. The first-order valence-corrected chi connectivity index (χ1v) is 8.94. The molecule has 0 spiro atoms. The molecule has 28 heavy (non-hydrogen) atoms. The second-order valence-electron chi connectivity index (χ2n) is 6.35. The van der Waals surface area contributed by atoms with Crippen LogP contribution >= 0.6 is 0 Å². The van der Waals surface area contributed by atoms with E-state index in [4.69, 9.17) is 9.15 Å². The Hall–Kier alpha value is -3.54. The molecule has 1 aromatic heterocycles. The standard InChI is InChI=1S/C22H22N2O4/c1-17-9-11-19(12-10-17)28-16-22(26)24(14-20-8-5-13-27-20)15-21(25)23-18-6-3-2-4-7-18/h2-13H,14-16H2,1H3,(H,23,25). The number of carbonyl (C=O) groups excluding carboxylic acids is 2. The lowest BCUT2D eigenvalue weighted by Gasteiger charge is -2.21. The van der Waals surface area contributed by atoms with E-state index in [-0.39, 0.29) is 31.5 Å². The molecule has 1 N–H and O–H groups in total. The van der Waals surface area contributed by atoms with E-state index in [0.29, 0.717) is 17.2 Å². The van der Waals surface area contributed by atoms with Gasteiger partial charge in [0.15, 0.2) is 6.61 Å². The van der Waals surface area contributed by atoms with Crippen molar-refractivity contribution in [2.45, 2.75) is 13.5 Å². The van der Waals surface area contributed by atoms with Crippen LogP contribution in [0.3, 0.4) is 0 Å². The highest BCUT2D eigenvalue weighted by atomic mass is 16.5. The molecule has 0 aliphatic heterocycles. The average molecular weight is 378 g/mol. The molecular weight excluding hydrogens is 356 g/mol. The Labute approximate surface area is 163 Å². The van der Waals surface area contributed by atoms with E-state index in [1.54, 1.807) is 24.3 Å². The fourth-order valence-electron chi connectivity index (χ4n) is 2.59. The van der Waals surface area contributed by atoms with Gasteiger partial charge in [0.25, 0.3) is 5.91 Å². The van der Waals surface area contributed by atoms with Crippen molar-refractivity contribution in [3.63, 3.8) is 0 Å². The van der Waals surface area contributed by atoms with Crippen molar-refractivity contribution in [2.24, 2.45) is 0 Å². The number of nitrogens with zero attached hydrogens (tertiary/aromatic N) is 1. The van der Waals surface area contributed by atoms with Gasteiger partial charge in [-0.2, -0.15) is 0 Å². The summed E-state index contributed by atoms with van der Waals surface area (Å²) >= 11 is 0. The van der Waals surface area contributed by atoms with Gasteiger partial charge in [0.1, 0.15) is 18.1 Å². The number of anilines is 1. The number of aryl methyl sites for hydroxylation is 1. The van der Waals surface area contributed by atoms with Crippen LogP contribution in [-0.2, 0) is 16.1 Å². The van der Waals surface area contributed by atoms with E-state index in [1.807, 2.05) is 49.4 Å². The van der Waals surface area contributed by atoms with Gasteiger partial charge in [0, 0.05) is 5.69 Å². The maximum absolute atomic E-state index is 12.7. The van der Waals surface area contributed by atoms with Gasteiger partial charge in [-0.05, 0) is 43.3 Å². The summed E-state index contributed by atoms with van der Waals surface area (Å²) in [5.41, 5.74) is 1.78. The number of amides is 2. The second-order valence-corrected chi connectivity index (χ2v) is 6.35. The normalized spacial score (nSPS) is 10.3. The minimum Gasteiger partial charge on any atom is -0.484 e. The van der Waals surface area contributed by atoms with E-state index in [2.05, 4.69) is 5.32 Å². The fourth-order valence-corrected chi connectivity index (χ4v) is 2.59. The van der Waals surface area contributed by atoms with Crippen molar-refractivity contribution < 1.29 is 18.7 Å². The van der Waals surface area contributed by atoms with Gasteiger partial charge >= 0.3 is 0 Å². The first-order valence-electron chi connectivity index (χ1n) is 8.94. The van der Waals surface area contributed by atoms with Gasteiger partial charge in [-0.25, -0.2) is 0 Å². The lowest BCUT2D eigenvalue weighted by Crippen LogP contribution is -2.40. The Morgan fingerprint density at radius 3 is 2.43 bits per heavy atom. The Bertz CT molecular complexity index is 890. The summed E-state index contributed by atoms with van der Waals surface area (Å²) in [5, 5.41) is 2.78. The van der Waals surface area contributed by atoms with Crippen LogP contribution < -0.4 is 10.1 Å². The molecule has 0 saturated heterocycles. The number of benzene rings is 2. The van der Waals surface area contributed by atoms with Gasteiger partial charge in [-0.1, -0.05) is 35.9 Å². The SMILES string of the molecule is Cc1ccc(OCC(=O)N(CC(=O)Nc2ccccc2)Cc2ccco2)cc1. The van der Waals surface area contributed by atoms with Gasteiger partial charge in [0.2, 0.25) is 5.91 Å². The van der Waals surface area contributed by atoms with Crippen LogP contribution in [0.15, 0.2) is 77.4 Å². The first kappa shape index (κ1) is 19.2. The highest BCUT2D eigenvalue weighted by molar-refractivity contribution is 5.94. The molecule has 0 aliphatic rings. The molecule has 0 fully saturated rings. The van der Waals surface area contributed by atoms with Crippen LogP contribution in [0.5, 0.6) is 5.75 Å². The van der Waals surface area contributed by atoms with Gasteiger partial charge < -0.3 is 19.4 Å². The van der Waals surface area contributed by atoms with E-state index < -0.39 is 0 Å². The smallest absolute Gasteiger partial charge is 0.261 e. The minimum atomic E-state index is -0.305. The van der Waals surface area contributed by atoms with Crippen molar-refractivity contribution >= 4 is 17.5 Å². The molecule has 6 nitrogen and oxygen atoms in total. The van der Waals surface area contributed by atoms with E-state index in [1.165, 1.54) is 11.2 Å². The number of rotatable bonds is 8. The van der Waals surface area contributed by atoms with E-state index in [9.17, 15) is 9.59 Å². The largest absolute Gasteiger partial charge is 0.484 e. The molecule has 0 bridgehead atoms. The highest BCUT2D eigenvalue weighted by Crippen LogP contribution is 2.13. The summed E-state index contributed by atoms with van der Waals surface area (Å²) in [5.74, 6) is 0.600. The van der Waals surface area contributed by atoms with Crippen molar-refractivity contribution in [3.05, 3.63) is 84.3 Å². The molecule has 0 atom stereocenters. The van der Waals surface area contributed by atoms with Gasteiger partial charge in [0.05, 0.1) is 12.8 Å². The van der Waals surface area contributed by atoms with Gasteiger partial charge in [-0.15, -0.1) is 0 Å². The van der Waals surface area contributed by atoms with Crippen LogP contribution in [-0.4, -0.2) is 29.9 Å². The molecule has 3 aromatic rings. The second kappa shape index (κ2) is 9.41. The Morgan fingerprint density at radius 1 is 1.00 bits per heavy atom. The predicted octanol–water partition coefficient (Wildman–Crippen LogP) is 3.63. The molecule has 0 saturated carbocycles. The number of para-hydroxylation sites is 1. The van der Waals surface area contributed by atoms with Crippen LogP contribution in [0.25, 0.3) is 0 Å². The molecule has 144 valence electrons. The Balaban J connectivity index is 1.62. The summed E-state index contributed by atoms with van der Waals surface area (Å²) < 4.78 is 10.9. The lowest BCUT2D eigenvalue weighted by atomic mass is 10.2. The van der Waals surface area contributed by atoms with Crippen LogP contribution in [0, 0.1) is 6.92 Å². The Kier molecular flexibility index (Phi) is 6.46. The number of ether oxygens (including phenoxy) is 1.